The molecule has 0 radical (unpaired) electrons. The number of rotatable bonds is 3. The standard InChI is InChI=1S/C10H10FN3O2S/c1-8-9(7-17(11,15)16)6-14(13-8)10-2-4-12-5-3-10/h2-6H,7H2,1H3. The van der Waals surface area contributed by atoms with Crippen molar-refractivity contribution in [2.45, 2.75) is 12.7 Å². The first-order valence-electron chi connectivity index (χ1n) is 4.83. The van der Waals surface area contributed by atoms with E-state index in [-0.39, 0.29) is 0 Å². The Morgan fingerprint density at radius 2 is 2.00 bits per heavy atom. The third-order valence-electron chi connectivity index (χ3n) is 2.26. The fraction of sp³-hybridized carbons (Fsp3) is 0.200. The maximum atomic E-state index is 12.6. The third kappa shape index (κ3) is 2.88. The summed E-state index contributed by atoms with van der Waals surface area (Å²) in [6, 6.07) is 3.44. The van der Waals surface area contributed by atoms with Gasteiger partial charge >= 0.3 is 10.2 Å². The summed E-state index contributed by atoms with van der Waals surface area (Å²) in [5, 5.41) is 4.12. The number of hydrogen-bond acceptors (Lipinski definition) is 4. The SMILES string of the molecule is Cc1nn(-c2ccncc2)cc1CS(=O)(=O)F. The molecule has 0 atom stereocenters. The molecule has 0 fully saturated rings. The second-order valence-corrected chi connectivity index (χ2v) is 4.94. The Balaban J connectivity index is 2.38. The van der Waals surface area contributed by atoms with E-state index in [1.165, 1.54) is 10.9 Å². The summed E-state index contributed by atoms with van der Waals surface area (Å²) in [7, 11) is -4.53. The molecular weight excluding hydrogens is 245 g/mol. The Hall–Kier alpha value is -1.76. The van der Waals surface area contributed by atoms with Gasteiger partial charge in [0.25, 0.3) is 0 Å². The Morgan fingerprint density at radius 3 is 2.59 bits per heavy atom. The molecule has 5 nitrogen and oxygen atoms in total. The van der Waals surface area contributed by atoms with E-state index >= 15 is 0 Å². The molecule has 7 heteroatoms. The number of aryl methyl sites for hydroxylation is 1. The van der Waals surface area contributed by atoms with Crippen LogP contribution in [0.5, 0.6) is 0 Å². The van der Waals surface area contributed by atoms with Crippen LogP contribution in [-0.2, 0) is 16.0 Å². The maximum Gasteiger partial charge on any atom is 0.306 e. The van der Waals surface area contributed by atoms with Crippen molar-refractivity contribution >= 4 is 10.2 Å². The van der Waals surface area contributed by atoms with Crippen LogP contribution in [-0.4, -0.2) is 23.2 Å². The number of pyridine rings is 1. The number of halogens is 1. The Kier molecular flexibility index (Phi) is 2.93. The molecule has 0 aliphatic rings. The Morgan fingerprint density at radius 1 is 1.35 bits per heavy atom. The van der Waals surface area contributed by atoms with Gasteiger partial charge in [0.1, 0.15) is 5.75 Å². The van der Waals surface area contributed by atoms with Crippen LogP contribution in [0.15, 0.2) is 30.7 Å². The fourth-order valence-electron chi connectivity index (χ4n) is 1.45. The molecule has 0 bridgehead atoms. The van der Waals surface area contributed by atoms with E-state index in [1.807, 2.05) is 0 Å². The van der Waals surface area contributed by atoms with Crippen LogP contribution in [0, 0.1) is 6.92 Å². The molecule has 0 saturated carbocycles. The zero-order valence-electron chi connectivity index (χ0n) is 9.04. The van der Waals surface area contributed by atoms with E-state index < -0.39 is 16.0 Å². The van der Waals surface area contributed by atoms with Crippen molar-refractivity contribution in [1.29, 1.82) is 0 Å². The summed E-state index contributed by atoms with van der Waals surface area (Å²) in [4.78, 5) is 3.86. The minimum atomic E-state index is -4.53. The maximum absolute atomic E-state index is 12.6. The topological polar surface area (TPSA) is 64.8 Å². The molecule has 2 aromatic heterocycles. The largest absolute Gasteiger partial charge is 0.306 e. The molecule has 90 valence electrons. The summed E-state index contributed by atoms with van der Waals surface area (Å²) < 4.78 is 35.3. The van der Waals surface area contributed by atoms with Crippen molar-refractivity contribution in [2.75, 3.05) is 0 Å². The molecular formula is C10H10FN3O2S. The van der Waals surface area contributed by atoms with Crippen molar-refractivity contribution in [3.05, 3.63) is 42.0 Å². The highest BCUT2D eigenvalue weighted by Crippen LogP contribution is 2.14. The number of hydrogen-bond donors (Lipinski definition) is 0. The van der Waals surface area contributed by atoms with Crippen LogP contribution < -0.4 is 0 Å². The van der Waals surface area contributed by atoms with E-state index in [1.54, 1.807) is 31.5 Å². The molecule has 17 heavy (non-hydrogen) atoms. The van der Waals surface area contributed by atoms with Gasteiger partial charge in [0.2, 0.25) is 0 Å². The minimum Gasteiger partial charge on any atom is -0.265 e. The zero-order valence-corrected chi connectivity index (χ0v) is 9.85. The summed E-state index contributed by atoms with van der Waals surface area (Å²) in [6.07, 6.45) is 4.69. The summed E-state index contributed by atoms with van der Waals surface area (Å²) in [6.45, 7) is 1.64. The molecule has 0 unspecified atom stereocenters. The van der Waals surface area contributed by atoms with Gasteiger partial charge in [-0.05, 0) is 19.1 Å². The lowest BCUT2D eigenvalue weighted by atomic mass is 10.3. The molecule has 0 aliphatic heterocycles. The molecule has 0 amide bonds. The van der Waals surface area contributed by atoms with E-state index in [9.17, 15) is 12.3 Å². The van der Waals surface area contributed by atoms with Crippen molar-refractivity contribution in [2.24, 2.45) is 0 Å². The zero-order chi connectivity index (χ0) is 12.5. The van der Waals surface area contributed by atoms with Crippen LogP contribution in [0.25, 0.3) is 5.69 Å². The first kappa shape index (κ1) is 11.7. The van der Waals surface area contributed by atoms with E-state index in [2.05, 4.69) is 10.1 Å². The lowest BCUT2D eigenvalue weighted by Crippen LogP contribution is -1.96. The van der Waals surface area contributed by atoms with Crippen LogP contribution in [0.1, 0.15) is 11.3 Å². The molecule has 2 heterocycles. The van der Waals surface area contributed by atoms with Crippen LogP contribution in [0.3, 0.4) is 0 Å². The average molecular weight is 255 g/mol. The highest BCUT2D eigenvalue weighted by atomic mass is 32.3. The van der Waals surface area contributed by atoms with Gasteiger partial charge in [-0.15, -0.1) is 3.89 Å². The predicted octanol–water partition coefficient (Wildman–Crippen LogP) is 1.38. The summed E-state index contributed by atoms with van der Waals surface area (Å²) in [5.41, 5.74) is 1.58. The van der Waals surface area contributed by atoms with Gasteiger partial charge in [-0.1, -0.05) is 0 Å². The monoisotopic (exact) mass is 255 g/mol. The molecule has 2 rings (SSSR count). The minimum absolute atomic E-state index is 0.351. The van der Waals surface area contributed by atoms with Gasteiger partial charge < -0.3 is 0 Å². The highest BCUT2D eigenvalue weighted by molar-refractivity contribution is 7.85. The van der Waals surface area contributed by atoms with Crippen LogP contribution in [0.2, 0.25) is 0 Å². The van der Waals surface area contributed by atoms with Crippen molar-refractivity contribution in [1.82, 2.24) is 14.8 Å². The van der Waals surface area contributed by atoms with E-state index in [4.69, 9.17) is 0 Å². The van der Waals surface area contributed by atoms with Gasteiger partial charge in [-0.3, -0.25) is 4.98 Å². The smallest absolute Gasteiger partial charge is 0.265 e. The first-order chi connectivity index (χ1) is 7.96. The average Bonchev–Trinajstić information content (AvgIpc) is 2.59. The first-order valence-corrected chi connectivity index (χ1v) is 6.39. The summed E-state index contributed by atoms with van der Waals surface area (Å²) >= 11 is 0. The van der Waals surface area contributed by atoms with Gasteiger partial charge in [0.15, 0.2) is 0 Å². The highest BCUT2D eigenvalue weighted by Gasteiger charge is 2.14. The number of nitrogens with zero attached hydrogens (tertiary/aromatic N) is 3. The van der Waals surface area contributed by atoms with Gasteiger partial charge in [-0.25, -0.2) is 4.68 Å². The molecule has 0 spiro atoms. The molecule has 0 aromatic carbocycles. The van der Waals surface area contributed by atoms with Gasteiger partial charge in [0, 0.05) is 24.2 Å². The molecule has 0 saturated heterocycles. The Bertz CT molecular complexity index is 622. The number of aromatic nitrogens is 3. The lowest BCUT2D eigenvalue weighted by Gasteiger charge is -1.98. The fourth-order valence-corrected chi connectivity index (χ4v) is 2.11. The molecule has 0 aliphatic carbocycles. The summed E-state index contributed by atoms with van der Waals surface area (Å²) in [5.74, 6) is -0.649. The van der Waals surface area contributed by atoms with Crippen LogP contribution in [0.4, 0.5) is 3.89 Å². The molecule has 0 N–H and O–H groups in total. The predicted molar refractivity (Wildman–Crippen MR) is 59.8 cm³/mol. The van der Waals surface area contributed by atoms with Crippen LogP contribution >= 0.6 is 0 Å². The van der Waals surface area contributed by atoms with Crippen molar-refractivity contribution in [3.63, 3.8) is 0 Å². The quantitative estimate of drug-likeness (QED) is 0.777. The lowest BCUT2D eigenvalue weighted by molar-refractivity contribution is 0.551. The van der Waals surface area contributed by atoms with E-state index in [0.29, 0.717) is 11.3 Å². The normalized spacial score (nSPS) is 11.6. The Labute approximate surface area is 98.1 Å². The second-order valence-electron chi connectivity index (χ2n) is 3.57. The second kappa shape index (κ2) is 4.25. The van der Waals surface area contributed by atoms with Crippen molar-refractivity contribution in [3.8, 4) is 5.69 Å². The van der Waals surface area contributed by atoms with Gasteiger partial charge in [-0.2, -0.15) is 13.5 Å². The third-order valence-corrected chi connectivity index (χ3v) is 2.91. The van der Waals surface area contributed by atoms with Crippen molar-refractivity contribution < 1.29 is 12.3 Å². The van der Waals surface area contributed by atoms with Gasteiger partial charge in [0.05, 0.1) is 11.4 Å². The van der Waals surface area contributed by atoms with E-state index in [0.717, 1.165) is 5.69 Å². The molecule has 2 aromatic rings.